The number of hydrogen-bond donors (Lipinski definition) is 2. The zero-order chi connectivity index (χ0) is 13.2. The molecule has 0 aromatic carbocycles. The number of carbonyl (C=O) groups is 3. The Hall–Kier alpha value is -1.43. The molecule has 0 bridgehead atoms. The largest absolute Gasteiger partial charge is 0.480 e. The van der Waals surface area contributed by atoms with Gasteiger partial charge >= 0.3 is 5.97 Å². The van der Waals surface area contributed by atoms with Crippen molar-refractivity contribution in [2.45, 2.75) is 51.7 Å². The van der Waals surface area contributed by atoms with Crippen molar-refractivity contribution in [3.63, 3.8) is 0 Å². The number of amides is 2. The van der Waals surface area contributed by atoms with Crippen LogP contribution in [0.25, 0.3) is 0 Å². The molecule has 6 nitrogen and oxygen atoms in total. The minimum Gasteiger partial charge on any atom is -0.480 e. The quantitative estimate of drug-likeness (QED) is 0.661. The zero-order valence-electron chi connectivity index (χ0n) is 10.3. The van der Waals surface area contributed by atoms with E-state index in [9.17, 15) is 14.4 Å². The van der Waals surface area contributed by atoms with Gasteiger partial charge < -0.3 is 5.11 Å². The Bertz CT molecular complexity index is 342. The van der Waals surface area contributed by atoms with Crippen molar-refractivity contribution >= 4 is 17.8 Å². The first-order chi connectivity index (χ1) is 7.88. The standard InChI is InChI=1S/C11H18N2O4/c1-4-6(2)13-9(14)5-8(10(13)15)12-7(3)11(16)17/h6-8,12H,4-5H2,1-3H3,(H,16,17)/t6?,7-,8?/m1/s1. The number of hydrogen-bond acceptors (Lipinski definition) is 4. The first-order valence-electron chi connectivity index (χ1n) is 5.73. The molecule has 1 aliphatic rings. The van der Waals surface area contributed by atoms with Gasteiger partial charge in [-0.3, -0.25) is 24.6 Å². The minimum atomic E-state index is -1.03. The molecule has 2 unspecified atom stereocenters. The summed E-state index contributed by atoms with van der Waals surface area (Å²) in [4.78, 5) is 35.5. The Kier molecular flexibility index (Phi) is 4.22. The van der Waals surface area contributed by atoms with Crippen LogP contribution in [0.4, 0.5) is 0 Å². The lowest BCUT2D eigenvalue weighted by Gasteiger charge is -2.22. The summed E-state index contributed by atoms with van der Waals surface area (Å²) in [6.07, 6.45) is 0.736. The molecule has 2 amide bonds. The lowest BCUT2D eigenvalue weighted by atomic mass is 10.2. The van der Waals surface area contributed by atoms with E-state index in [1.54, 1.807) is 6.92 Å². The normalized spacial score (nSPS) is 23.9. The van der Waals surface area contributed by atoms with E-state index in [4.69, 9.17) is 5.11 Å². The number of carboxylic acids is 1. The van der Waals surface area contributed by atoms with E-state index in [1.807, 2.05) is 6.92 Å². The topological polar surface area (TPSA) is 86.7 Å². The average molecular weight is 242 g/mol. The van der Waals surface area contributed by atoms with E-state index >= 15 is 0 Å². The predicted octanol–water partition coefficient (Wildman–Crippen LogP) is -0.0249. The fourth-order valence-corrected chi connectivity index (χ4v) is 1.80. The van der Waals surface area contributed by atoms with Gasteiger partial charge in [-0.1, -0.05) is 6.92 Å². The van der Waals surface area contributed by atoms with Gasteiger partial charge in [-0.25, -0.2) is 0 Å². The van der Waals surface area contributed by atoms with Gasteiger partial charge in [-0.15, -0.1) is 0 Å². The molecule has 1 rings (SSSR count). The monoisotopic (exact) mass is 242 g/mol. The first kappa shape index (κ1) is 13.6. The van der Waals surface area contributed by atoms with Crippen LogP contribution in [0.1, 0.15) is 33.6 Å². The summed E-state index contributed by atoms with van der Waals surface area (Å²) in [5, 5.41) is 11.4. The molecule has 1 aliphatic heterocycles. The molecule has 0 aromatic heterocycles. The lowest BCUT2D eigenvalue weighted by Crippen LogP contribution is -2.47. The number of likely N-dealkylation sites (tertiary alicyclic amines) is 1. The maximum Gasteiger partial charge on any atom is 0.320 e. The molecule has 1 fully saturated rings. The van der Waals surface area contributed by atoms with Gasteiger partial charge in [-0.2, -0.15) is 0 Å². The van der Waals surface area contributed by atoms with Crippen molar-refractivity contribution < 1.29 is 19.5 Å². The highest BCUT2D eigenvalue weighted by Crippen LogP contribution is 2.18. The van der Waals surface area contributed by atoms with Gasteiger partial charge in [0.1, 0.15) is 6.04 Å². The summed E-state index contributed by atoms with van der Waals surface area (Å²) in [7, 11) is 0. The number of carboxylic acid groups (broad SMARTS) is 1. The van der Waals surface area contributed by atoms with Gasteiger partial charge in [0.05, 0.1) is 12.5 Å². The lowest BCUT2D eigenvalue weighted by molar-refractivity contribution is -0.141. The van der Waals surface area contributed by atoms with Crippen LogP contribution in [0.5, 0.6) is 0 Å². The summed E-state index contributed by atoms with van der Waals surface area (Å²) in [6.45, 7) is 5.15. The molecule has 1 heterocycles. The summed E-state index contributed by atoms with van der Waals surface area (Å²) in [5.41, 5.74) is 0. The third kappa shape index (κ3) is 2.82. The molecule has 17 heavy (non-hydrogen) atoms. The Morgan fingerprint density at radius 2 is 2.12 bits per heavy atom. The van der Waals surface area contributed by atoms with Crippen LogP contribution >= 0.6 is 0 Å². The first-order valence-corrected chi connectivity index (χ1v) is 5.73. The maximum absolute atomic E-state index is 11.9. The number of nitrogens with one attached hydrogen (secondary N) is 1. The van der Waals surface area contributed by atoms with Gasteiger partial charge in [0.25, 0.3) is 0 Å². The van der Waals surface area contributed by atoms with Crippen molar-refractivity contribution in [2.75, 3.05) is 0 Å². The zero-order valence-corrected chi connectivity index (χ0v) is 10.3. The highest BCUT2D eigenvalue weighted by Gasteiger charge is 2.41. The minimum absolute atomic E-state index is 0.0425. The Morgan fingerprint density at radius 3 is 2.59 bits per heavy atom. The Morgan fingerprint density at radius 1 is 1.53 bits per heavy atom. The van der Waals surface area contributed by atoms with Crippen molar-refractivity contribution in [2.24, 2.45) is 0 Å². The van der Waals surface area contributed by atoms with Crippen LogP contribution in [0, 0.1) is 0 Å². The van der Waals surface area contributed by atoms with E-state index in [2.05, 4.69) is 5.32 Å². The second-order valence-electron chi connectivity index (χ2n) is 4.34. The maximum atomic E-state index is 11.9. The van der Waals surface area contributed by atoms with Gasteiger partial charge in [0.15, 0.2) is 0 Å². The van der Waals surface area contributed by atoms with Crippen LogP contribution in [0.2, 0.25) is 0 Å². The molecule has 96 valence electrons. The summed E-state index contributed by atoms with van der Waals surface area (Å²) in [5.74, 6) is -1.59. The van der Waals surface area contributed by atoms with E-state index in [-0.39, 0.29) is 24.3 Å². The van der Waals surface area contributed by atoms with Crippen molar-refractivity contribution in [1.82, 2.24) is 10.2 Å². The van der Waals surface area contributed by atoms with E-state index in [0.717, 1.165) is 0 Å². The predicted molar refractivity (Wildman–Crippen MR) is 60.2 cm³/mol. The molecule has 0 spiro atoms. The van der Waals surface area contributed by atoms with E-state index < -0.39 is 18.1 Å². The van der Waals surface area contributed by atoms with E-state index in [1.165, 1.54) is 11.8 Å². The third-order valence-electron chi connectivity index (χ3n) is 3.04. The SMILES string of the molecule is CCC(C)N1C(=O)CC(N[C@H](C)C(=O)O)C1=O. The molecule has 2 N–H and O–H groups in total. The second-order valence-corrected chi connectivity index (χ2v) is 4.34. The van der Waals surface area contributed by atoms with Crippen LogP contribution < -0.4 is 5.32 Å². The Labute approximate surface area is 100.0 Å². The van der Waals surface area contributed by atoms with Gasteiger partial charge in [-0.05, 0) is 20.3 Å². The number of aliphatic carboxylic acids is 1. The highest BCUT2D eigenvalue weighted by molar-refractivity contribution is 6.06. The summed E-state index contributed by atoms with van der Waals surface area (Å²) < 4.78 is 0. The van der Waals surface area contributed by atoms with Crippen molar-refractivity contribution in [1.29, 1.82) is 0 Å². The summed E-state index contributed by atoms with van der Waals surface area (Å²) >= 11 is 0. The molecule has 6 heteroatoms. The summed E-state index contributed by atoms with van der Waals surface area (Å²) in [6, 6.07) is -1.68. The fraction of sp³-hybridized carbons (Fsp3) is 0.727. The molecule has 3 atom stereocenters. The van der Waals surface area contributed by atoms with Crippen LogP contribution in [0.15, 0.2) is 0 Å². The van der Waals surface area contributed by atoms with Crippen LogP contribution in [0.3, 0.4) is 0 Å². The van der Waals surface area contributed by atoms with Crippen LogP contribution in [-0.2, 0) is 14.4 Å². The number of rotatable bonds is 5. The van der Waals surface area contributed by atoms with Gasteiger partial charge in [0.2, 0.25) is 11.8 Å². The second kappa shape index (κ2) is 5.27. The van der Waals surface area contributed by atoms with Crippen molar-refractivity contribution in [3.05, 3.63) is 0 Å². The molecular formula is C11H18N2O4. The molecule has 0 radical (unpaired) electrons. The van der Waals surface area contributed by atoms with Gasteiger partial charge in [0, 0.05) is 6.04 Å². The van der Waals surface area contributed by atoms with Crippen LogP contribution in [-0.4, -0.2) is 45.9 Å². The van der Waals surface area contributed by atoms with E-state index in [0.29, 0.717) is 6.42 Å². The highest BCUT2D eigenvalue weighted by atomic mass is 16.4. The molecule has 0 saturated carbocycles. The molecule has 0 aliphatic carbocycles. The molecule has 1 saturated heterocycles. The smallest absolute Gasteiger partial charge is 0.320 e. The molecule has 0 aromatic rings. The average Bonchev–Trinajstić information content (AvgIpc) is 2.53. The fourth-order valence-electron chi connectivity index (χ4n) is 1.80. The van der Waals surface area contributed by atoms with Crippen molar-refractivity contribution in [3.8, 4) is 0 Å². The molecular weight excluding hydrogens is 224 g/mol. The number of imide groups is 1. The third-order valence-corrected chi connectivity index (χ3v) is 3.04. The number of carbonyl (C=O) groups excluding carboxylic acids is 2. The Balaban J connectivity index is 2.71. The number of nitrogens with zero attached hydrogens (tertiary/aromatic N) is 1.